The lowest BCUT2D eigenvalue weighted by Crippen LogP contribution is -2.29. The average Bonchev–Trinajstić information content (AvgIpc) is 2.81. The molecule has 0 amide bonds. The molecule has 100 valence electrons. The summed E-state index contributed by atoms with van der Waals surface area (Å²) in [6.07, 6.45) is 1.54. The first kappa shape index (κ1) is 13.4. The van der Waals surface area contributed by atoms with Crippen LogP contribution in [0.25, 0.3) is 0 Å². The van der Waals surface area contributed by atoms with Crippen LogP contribution >= 0.6 is 0 Å². The van der Waals surface area contributed by atoms with E-state index in [2.05, 4.69) is 31.3 Å². The van der Waals surface area contributed by atoms with Gasteiger partial charge in [-0.05, 0) is 32.3 Å². The van der Waals surface area contributed by atoms with Crippen LogP contribution in [0.1, 0.15) is 31.9 Å². The minimum atomic E-state index is 0.300. The molecule has 1 N–H and O–H groups in total. The standard InChI is InChI=1S/C15H23NO2/c1-11(14-6-4-5-7-15(14)17-3)16-10-13-8-9-18-12(13)2/h4-7,11-13,16H,8-10H2,1-3H3. The first-order chi connectivity index (χ1) is 8.72. The molecule has 0 saturated carbocycles. The lowest BCUT2D eigenvalue weighted by molar-refractivity contribution is 0.105. The van der Waals surface area contributed by atoms with Crippen LogP contribution in [0, 0.1) is 5.92 Å². The number of para-hydroxylation sites is 1. The Hall–Kier alpha value is -1.06. The van der Waals surface area contributed by atoms with Crippen LogP contribution in [0.5, 0.6) is 5.75 Å². The summed E-state index contributed by atoms with van der Waals surface area (Å²) in [5, 5.41) is 3.59. The normalized spacial score (nSPS) is 25.1. The maximum atomic E-state index is 5.58. The summed E-state index contributed by atoms with van der Waals surface area (Å²) in [5.41, 5.74) is 1.21. The Bertz CT molecular complexity index is 381. The zero-order valence-corrected chi connectivity index (χ0v) is 11.5. The number of benzene rings is 1. The molecule has 0 aliphatic carbocycles. The molecule has 1 aromatic rings. The maximum absolute atomic E-state index is 5.58. The Balaban J connectivity index is 1.92. The van der Waals surface area contributed by atoms with Gasteiger partial charge in [-0.25, -0.2) is 0 Å². The lowest BCUT2D eigenvalue weighted by atomic mass is 10.0. The molecule has 1 saturated heterocycles. The van der Waals surface area contributed by atoms with Crippen molar-refractivity contribution >= 4 is 0 Å². The number of methoxy groups -OCH3 is 1. The topological polar surface area (TPSA) is 30.5 Å². The Morgan fingerprint density at radius 3 is 2.89 bits per heavy atom. The second-order valence-corrected chi connectivity index (χ2v) is 5.00. The molecule has 2 rings (SSSR count). The SMILES string of the molecule is COc1ccccc1C(C)NCC1CCOC1C. The molecule has 0 spiro atoms. The molecular weight excluding hydrogens is 226 g/mol. The van der Waals surface area contributed by atoms with E-state index in [-0.39, 0.29) is 0 Å². The van der Waals surface area contributed by atoms with Crippen LogP contribution < -0.4 is 10.1 Å². The van der Waals surface area contributed by atoms with Crippen LogP contribution in [0.2, 0.25) is 0 Å². The van der Waals surface area contributed by atoms with Gasteiger partial charge < -0.3 is 14.8 Å². The van der Waals surface area contributed by atoms with Gasteiger partial charge in [0, 0.05) is 24.8 Å². The van der Waals surface area contributed by atoms with Gasteiger partial charge in [0.1, 0.15) is 5.75 Å². The van der Waals surface area contributed by atoms with Gasteiger partial charge in [-0.15, -0.1) is 0 Å². The summed E-state index contributed by atoms with van der Waals surface area (Å²) in [4.78, 5) is 0. The van der Waals surface area contributed by atoms with Gasteiger partial charge in [0.25, 0.3) is 0 Å². The summed E-state index contributed by atoms with van der Waals surface area (Å²) in [5.74, 6) is 1.58. The third-order valence-electron chi connectivity index (χ3n) is 3.82. The number of ether oxygens (including phenoxy) is 2. The highest BCUT2D eigenvalue weighted by Crippen LogP contribution is 2.25. The fourth-order valence-electron chi connectivity index (χ4n) is 2.51. The molecule has 3 nitrogen and oxygen atoms in total. The van der Waals surface area contributed by atoms with E-state index in [9.17, 15) is 0 Å². The van der Waals surface area contributed by atoms with Crippen molar-refractivity contribution in [2.45, 2.75) is 32.4 Å². The monoisotopic (exact) mass is 249 g/mol. The summed E-state index contributed by atoms with van der Waals surface area (Å²) >= 11 is 0. The lowest BCUT2D eigenvalue weighted by Gasteiger charge is -2.21. The molecule has 0 aromatic heterocycles. The smallest absolute Gasteiger partial charge is 0.123 e. The molecule has 1 heterocycles. The molecule has 3 heteroatoms. The maximum Gasteiger partial charge on any atom is 0.123 e. The Labute approximate surface area is 109 Å². The van der Waals surface area contributed by atoms with E-state index in [0.717, 1.165) is 25.3 Å². The van der Waals surface area contributed by atoms with Gasteiger partial charge in [-0.3, -0.25) is 0 Å². The van der Waals surface area contributed by atoms with E-state index in [1.807, 2.05) is 12.1 Å². The third-order valence-corrected chi connectivity index (χ3v) is 3.82. The van der Waals surface area contributed by atoms with Crippen molar-refractivity contribution in [3.8, 4) is 5.75 Å². The van der Waals surface area contributed by atoms with Gasteiger partial charge in [-0.1, -0.05) is 18.2 Å². The highest BCUT2D eigenvalue weighted by molar-refractivity contribution is 5.35. The molecule has 18 heavy (non-hydrogen) atoms. The largest absolute Gasteiger partial charge is 0.496 e. The predicted octanol–water partition coefficient (Wildman–Crippen LogP) is 2.77. The van der Waals surface area contributed by atoms with E-state index >= 15 is 0 Å². The van der Waals surface area contributed by atoms with Crippen LogP contribution in [0.4, 0.5) is 0 Å². The number of hydrogen-bond acceptors (Lipinski definition) is 3. The Morgan fingerprint density at radius 2 is 2.22 bits per heavy atom. The van der Waals surface area contributed by atoms with Gasteiger partial charge in [0.05, 0.1) is 13.2 Å². The van der Waals surface area contributed by atoms with E-state index in [1.54, 1.807) is 7.11 Å². The van der Waals surface area contributed by atoms with Crippen LogP contribution in [0.15, 0.2) is 24.3 Å². The second-order valence-electron chi connectivity index (χ2n) is 5.00. The zero-order chi connectivity index (χ0) is 13.0. The summed E-state index contributed by atoms with van der Waals surface area (Å²) < 4.78 is 11.0. The van der Waals surface area contributed by atoms with E-state index in [4.69, 9.17) is 9.47 Å². The predicted molar refractivity (Wildman–Crippen MR) is 72.9 cm³/mol. The van der Waals surface area contributed by atoms with Gasteiger partial charge in [-0.2, -0.15) is 0 Å². The van der Waals surface area contributed by atoms with Crippen molar-refractivity contribution in [3.05, 3.63) is 29.8 Å². The van der Waals surface area contributed by atoms with Crippen molar-refractivity contribution in [3.63, 3.8) is 0 Å². The number of rotatable bonds is 5. The highest BCUT2D eigenvalue weighted by atomic mass is 16.5. The molecule has 0 bridgehead atoms. The molecule has 0 radical (unpaired) electrons. The third kappa shape index (κ3) is 3.03. The first-order valence-corrected chi connectivity index (χ1v) is 6.70. The minimum absolute atomic E-state index is 0.300. The quantitative estimate of drug-likeness (QED) is 0.870. The molecule has 3 unspecified atom stereocenters. The summed E-state index contributed by atoms with van der Waals surface area (Å²) in [6.45, 7) is 6.24. The molecule has 1 aliphatic rings. The van der Waals surface area contributed by atoms with E-state index in [0.29, 0.717) is 18.1 Å². The highest BCUT2D eigenvalue weighted by Gasteiger charge is 2.24. The molecule has 3 atom stereocenters. The zero-order valence-electron chi connectivity index (χ0n) is 11.5. The Morgan fingerprint density at radius 1 is 1.44 bits per heavy atom. The molecule has 1 aromatic carbocycles. The number of hydrogen-bond donors (Lipinski definition) is 1. The number of nitrogens with one attached hydrogen (secondary N) is 1. The van der Waals surface area contributed by atoms with Gasteiger partial charge >= 0.3 is 0 Å². The summed E-state index contributed by atoms with van der Waals surface area (Å²) in [7, 11) is 1.72. The van der Waals surface area contributed by atoms with E-state index < -0.39 is 0 Å². The summed E-state index contributed by atoms with van der Waals surface area (Å²) in [6, 6.07) is 8.48. The van der Waals surface area contributed by atoms with Crippen LogP contribution in [-0.2, 0) is 4.74 Å². The average molecular weight is 249 g/mol. The minimum Gasteiger partial charge on any atom is -0.496 e. The second kappa shape index (κ2) is 6.21. The van der Waals surface area contributed by atoms with Crippen molar-refractivity contribution in [2.75, 3.05) is 20.3 Å². The van der Waals surface area contributed by atoms with Crippen molar-refractivity contribution < 1.29 is 9.47 Å². The van der Waals surface area contributed by atoms with Crippen molar-refractivity contribution in [1.29, 1.82) is 0 Å². The van der Waals surface area contributed by atoms with Crippen molar-refractivity contribution in [2.24, 2.45) is 5.92 Å². The van der Waals surface area contributed by atoms with Gasteiger partial charge in [0.15, 0.2) is 0 Å². The Kier molecular flexibility index (Phi) is 4.61. The molecule has 1 aliphatic heterocycles. The van der Waals surface area contributed by atoms with Crippen molar-refractivity contribution in [1.82, 2.24) is 5.32 Å². The fraction of sp³-hybridized carbons (Fsp3) is 0.600. The van der Waals surface area contributed by atoms with Crippen LogP contribution in [-0.4, -0.2) is 26.4 Å². The van der Waals surface area contributed by atoms with E-state index in [1.165, 1.54) is 5.56 Å². The first-order valence-electron chi connectivity index (χ1n) is 6.70. The fourth-order valence-corrected chi connectivity index (χ4v) is 2.51. The molecular formula is C15H23NO2. The van der Waals surface area contributed by atoms with Gasteiger partial charge in [0.2, 0.25) is 0 Å². The van der Waals surface area contributed by atoms with Crippen LogP contribution in [0.3, 0.4) is 0 Å². The molecule has 1 fully saturated rings.